The molecule has 14 rings (SSSR count). The number of carbonyl (C=O) groups excluding carboxylic acids is 7. The van der Waals surface area contributed by atoms with Crippen molar-refractivity contribution in [3.63, 3.8) is 0 Å². The summed E-state index contributed by atoms with van der Waals surface area (Å²) in [6.07, 6.45) is 5.53. The van der Waals surface area contributed by atoms with Crippen LogP contribution in [0, 0.1) is 65.7 Å². The number of rotatable bonds is 19. The molecule has 29 heteroatoms. The fraction of sp³-hybridized carbons (Fsp3) is 0.312. The lowest BCUT2D eigenvalue weighted by molar-refractivity contribution is -0.139. The van der Waals surface area contributed by atoms with Gasteiger partial charge in [0.2, 0.25) is 0 Å². The third-order valence-electron chi connectivity index (χ3n) is 21.1. The molecule has 10 heterocycles. The first kappa shape index (κ1) is 90.4. The Morgan fingerprint density at radius 1 is 0.492 bits per heavy atom. The zero-order valence-corrected chi connectivity index (χ0v) is 71.3. The van der Waals surface area contributed by atoms with Crippen LogP contribution in [0.15, 0.2) is 193 Å². The van der Waals surface area contributed by atoms with E-state index in [0.29, 0.717) is 96.7 Å². The van der Waals surface area contributed by atoms with Crippen LogP contribution in [0.5, 0.6) is 0 Å². The molecule has 1 unspecified atom stereocenters. The molecule has 4 aromatic carbocycles. The normalized spacial score (nSPS) is 14.3. The van der Waals surface area contributed by atoms with Gasteiger partial charge in [-0.05, 0) is 179 Å². The van der Waals surface area contributed by atoms with Gasteiger partial charge in [0.25, 0.3) is 58.0 Å². The first-order valence-corrected chi connectivity index (χ1v) is 40.1. The second-order valence-electron chi connectivity index (χ2n) is 31.0. The molecule has 26 nitrogen and oxygen atoms in total. The topological polar surface area (TPSA) is 297 Å². The Kier molecular flexibility index (Phi) is 27.9. The smallest absolute Gasteiger partial charge is 0.291 e. The van der Waals surface area contributed by atoms with Crippen LogP contribution in [-0.2, 0) is 38.4 Å². The highest BCUT2D eigenvalue weighted by Crippen LogP contribution is 2.36. The number of hydrazine groups is 1. The average molecular weight is 1660 g/mol. The van der Waals surface area contributed by atoms with Gasteiger partial charge >= 0.3 is 6.18 Å². The van der Waals surface area contributed by atoms with E-state index < -0.39 is 63.7 Å². The second kappa shape index (κ2) is 37.6. The maximum Gasteiger partial charge on any atom is 0.418 e. The highest BCUT2D eigenvalue weighted by Gasteiger charge is 2.45. The molecule has 0 aliphatic carbocycles. The Morgan fingerprint density at radius 2 is 1.02 bits per heavy atom. The Labute approximate surface area is 703 Å². The van der Waals surface area contributed by atoms with Gasteiger partial charge in [-0.15, -0.1) is 10.2 Å². The number of unbranched alkanes of at least 4 members (excludes halogenated alkanes) is 5. The van der Waals surface area contributed by atoms with Crippen LogP contribution in [0.1, 0.15) is 183 Å². The lowest BCUT2D eigenvalue weighted by Crippen LogP contribution is -2.47. The van der Waals surface area contributed by atoms with Crippen LogP contribution in [0.2, 0.25) is 0 Å². The number of aryl methyl sites for hydroxylation is 6. The second-order valence-corrected chi connectivity index (χ2v) is 31.0. The van der Waals surface area contributed by atoms with E-state index in [1.54, 1.807) is 104 Å². The number of pyridine rings is 4. The summed E-state index contributed by atoms with van der Waals surface area (Å²) in [7, 11) is 0. The van der Waals surface area contributed by atoms with Gasteiger partial charge in [0, 0.05) is 46.1 Å². The van der Waals surface area contributed by atoms with Crippen molar-refractivity contribution in [3.05, 3.63) is 288 Å². The standard InChI is InChI=1S/C21H29N5O2.C21H26N4O2.C18H16F3N3O2.C17H16N2O2.C16H12N2O2/c1-6-7-8-9-10-11-12-24-19-18(16(4)17(5)20(24)27)21(28)26(23-19)25-15(3)13-14(2)22-25;1-6-9-14(4)12-24-19-18(21(27)25(23-19)13(2)3)17(15(5)20(24)26)16-10-7-8-11-22-16;1-9(2)24-17(26)13-14(18(19,20)21)11(4)16(25)23(15(13)22-24)12-7-5-10(3)6-8-12;1-9-6-10(2)15(11(3)7-9)19-16(20)13(5)12(4)14(8-18)17(19)21;1-12-15(19)17(13-8-4-2-5-9-13)18(16(12)20)14-10-6-3-7-11-14/h13H,5-12H2,1-4H3;7-8,10-11,13-14H,5-6,9,12H2,1-4H3;5-9H,4H2,1-3H3;6-7H,5H2,1-4H3;2-11H,1H2. The maximum atomic E-state index is 13.6. The van der Waals surface area contributed by atoms with Crippen molar-refractivity contribution >= 4 is 78.1 Å². The van der Waals surface area contributed by atoms with Crippen molar-refractivity contribution in [1.29, 1.82) is 5.26 Å². The van der Waals surface area contributed by atoms with E-state index in [-0.39, 0.29) is 51.2 Å². The molecule has 0 bridgehead atoms. The van der Waals surface area contributed by atoms with Crippen molar-refractivity contribution < 1.29 is 46.7 Å². The predicted molar refractivity (Wildman–Crippen MR) is 462 cm³/mol. The van der Waals surface area contributed by atoms with E-state index in [2.05, 4.69) is 79.1 Å². The number of benzene rings is 4. The molecule has 1 atom stereocenters. The van der Waals surface area contributed by atoms with Gasteiger partial charge in [0.1, 0.15) is 17.2 Å². The van der Waals surface area contributed by atoms with Crippen molar-refractivity contribution in [1.82, 2.24) is 38.6 Å². The van der Waals surface area contributed by atoms with E-state index in [1.165, 1.54) is 44.2 Å². The molecule has 1 fully saturated rings. The monoisotopic (exact) mass is 1660 g/mol. The van der Waals surface area contributed by atoms with Crippen molar-refractivity contribution in [2.75, 3.05) is 20.0 Å². The molecule has 5 aromatic heterocycles. The van der Waals surface area contributed by atoms with E-state index in [1.807, 2.05) is 122 Å². The Hall–Kier alpha value is -13.9. The number of hydrogen-bond acceptors (Lipinski definition) is 16. The SMILES string of the molecule is C=C1C(=O)N(c2c(C)cc(C)cc2C)C(=O)C(C#N)=C1C.C=C1C(=O)N(c2ccccc2)N(c2ccccc2)C1=O.C=c1c(-c2ccccn2)c2c(n(CC(C)CCC)c1=O)=NN(C(C)C)C2=O.C=c1c(C(F)(F)F)c2c(n(-c3ccc(C)cc3)c1=O)=NN(C(C)C)C2=O.C=c1c(C)c2c(n(CCCCCCCC)c1=O)=NN(n1nc(C)cc1C)C2=O. The molecule has 5 aliphatic rings. The van der Waals surface area contributed by atoms with Gasteiger partial charge in [-0.3, -0.25) is 66.6 Å². The van der Waals surface area contributed by atoms with Gasteiger partial charge in [-0.2, -0.15) is 38.5 Å². The summed E-state index contributed by atoms with van der Waals surface area (Å²) in [5, 5.41) is 32.8. The highest BCUT2D eigenvalue weighted by atomic mass is 19.4. The number of aromatic nitrogens is 6. The summed E-state index contributed by atoms with van der Waals surface area (Å²) in [5.74, 6) is -2.92. The fourth-order valence-electron chi connectivity index (χ4n) is 14.9. The molecule has 1 saturated heterocycles. The number of amides is 7. The minimum absolute atomic E-state index is 0.0287. The average Bonchev–Trinajstić information content (AvgIpc) is 1.56. The lowest BCUT2D eigenvalue weighted by Gasteiger charge is -2.29. The first-order chi connectivity index (χ1) is 57.7. The third-order valence-corrected chi connectivity index (χ3v) is 21.1. The number of imide groups is 1. The van der Waals surface area contributed by atoms with Gasteiger partial charge in [-0.1, -0.05) is 170 Å². The van der Waals surface area contributed by atoms with Crippen LogP contribution >= 0.6 is 0 Å². The number of nitrogens with zero attached hydrogens (tertiary/aromatic N) is 16. The number of alkyl halides is 3. The van der Waals surface area contributed by atoms with Gasteiger partial charge in [-0.25, -0.2) is 24.9 Å². The quantitative estimate of drug-likeness (QED) is 0.0315. The first-order valence-electron chi connectivity index (χ1n) is 40.1. The number of nitriles is 1. The summed E-state index contributed by atoms with van der Waals surface area (Å²) in [5.41, 5.74) is 7.56. The minimum Gasteiger partial charge on any atom is -0.291 e. The number of anilines is 3. The number of hydrogen-bond donors (Lipinski definition) is 0. The summed E-state index contributed by atoms with van der Waals surface area (Å²) in [4.78, 5) is 134. The van der Waals surface area contributed by atoms with Crippen LogP contribution < -0.4 is 68.8 Å². The minimum atomic E-state index is -4.90. The van der Waals surface area contributed by atoms with E-state index in [9.17, 15) is 66.4 Å². The zero-order chi connectivity index (χ0) is 89.5. The van der Waals surface area contributed by atoms with E-state index in [4.69, 9.17) is 0 Å². The lowest BCUT2D eigenvalue weighted by atomic mass is 9.94. The largest absolute Gasteiger partial charge is 0.418 e. The van der Waals surface area contributed by atoms with Gasteiger partial charge in [0.15, 0.2) is 16.5 Å². The third kappa shape index (κ3) is 18.0. The van der Waals surface area contributed by atoms with E-state index in [0.717, 1.165) is 80.2 Å². The molecule has 5 aliphatic heterocycles. The van der Waals surface area contributed by atoms with Crippen LogP contribution in [0.25, 0.3) is 36.7 Å². The van der Waals surface area contributed by atoms with Crippen LogP contribution in [0.3, 0.4) is 0 Å². The van der Waals surface area contributed by atoms with Gasteiger partial charge in [0.05, 0.1) is 74.2 Å². The molecule has 0 radical (unpaired) electrons. The highest BCUT2D eigenvalue weighted by molar-refractivity contribution is 6.35. The van der Waals surface area contributed by atoms with Crippen LogP contribution in [0.4, 0.5) is 30.2 Å². The van der Waals surface area contributed by atoms with Crippen molar-refractivity contribution in [2.24, 2.45) is 21.2 Å². The van der Waals surface area contributed by atoms with Crippen LogP contribution in [-0.4, -0.2) is 92.0 Å². The molecular weight excluding hydrogens is 1560 g/mol. The molecule has 0 spiro atoms. The summed E-state index contributed by atoms with van der Waals surface area (Å²) in [6.45, 7) is 47.6. The summed E-state index contributed by atoms with van der Waals surface area (Å²) in [6, 6.07) is 37.1. The maximum absolute atomic E-state index is 13.6. The fourth-order valence-corrected chi connectivity index (χ4v) is 14.9. The summed E-state index contributed by atoms with van der Waals surface area (Å²) >= 11 is 0. The number of halogens is 3. The molecule has 632 valence electrons. The Bertz CT molecular complexity index is 6300. The predicted octanol–water partition coefficient (Wildman–Crippen LogP) is 11.6. The molecule has 9 aromatic rings. The zero-order valence-electron chi connectivity index (χ0n) is 71.3. The van der Waals surface area contributed by atoms with Crippen molar-refractivity contribution in [3.8, 4) is 23.0 Å². The molecule has 7 amide bonds. The number of fused-ring (bicyclic) bond motifs is 3. The van der Waals surface area contributed by atoms with E-state index >= 15 is 0 Å². The molecule has 0 saturated carbocycles. The molecule has 0 N–H and O–H groups in total. The van der Waals surface area contributed by atoms with Crippen molar-refractivity contribution in [2.45, 2.75) is 187 Å². The van der Waals surface area contributed by atoms with Gasteiger partial charge < -0.3 is 0 Å². The Balaban J connectivity index is 0.000000161. The Morgan fingerprint density at radius 3 is 1.54 bits per heavy atom. The molecular formula is C93H99F3N16O10. The number of carbonyl (C=O) groups is 7. The summed E-state index contributed by atoms with van der Waals surface area (Å²) < 4.78 is 44.9. The number of para-hydroxylation sites is 2. The molecule has 122 heavy (non-hydrogen) atoms.